The Kier molecular flexibility index (Phi) is 2.52. The van der Waals surface area contributed by atoms with E-state index in [0.717, 1.165) is 5.56 Å². The quantitative estimate of drug-likeness (QED) is 0.815. The van der Waals surface area contributed by atoms with E-state index >= 15 is 0 Å². The predicted octanol–water partition coefficient (Wildman–Crippen LogP) is 0.921. The van der Waals surface area contributed by atoms with Crippen LogP contribution in [0, 0.1) is 6.92 Å². The van der Waals surface area contributed by atoms with Crippen molar-refractivity contribution in [2.24, 2.45) is 7.05 Å². The number of hydrogen-bond donors (Lipinski definition) is 1. The molecule has 2 heterocycles. The van der Waals surface area contributed by atoms with E-state index in [0.29, 0.717) is 11.5 Å². The highest BCUT2D eigenvalue weighted by atomic mass is 16.1. The lowest BCUT2D eigenvalue weighted by Crippen LogP contribution is -2.21. The zero-order chi connectivity index (χ0) is 11.7. The maximum absolute atomic E-state index is 12.0. The molecule has 0 bridgehead atoms. The molecular weight excluding hydrogens is 204 g/mol. The van der Waals surface area contributed by atoms with Gasteiger partial charge in [0.05, 0.1) is 0 Å². The Morgan fingerprint density at radius 1 is 1.44 bits per heavy atom. The lowest BCUT2D eigenvalue weighted by molar-refractivity contribution is 0.746. The van der Waals surface area contributed by atoms with Gasteiger partial charge < -0.3 is 5.32 Å². The van der Waals surface area contributed by atoms with Crippen LogP contribution in [-0.4, -0.2) is 21.4 Å². The van der Waals surface area contributed by atoms with Gasteiger partial charge in [0.25, 0.3) is 5.56 Å². The first-order valence-corrected chi connectivity index (χ1v) is 5.03. The fourth-order valence-corrected chi connectivity index (χ4v) is 1.60. The van der Waals surface area contributed by atoms with Crippen LogP contribution in [0.2, 0.25) is 0 Å². The third-order valence-corrected chi connectivity index (χ3v) is 2.37. The molecule has 0 aliphatic rings. The molecule has 0 radical (unpaired) electrons. The number of anilines is 1. The molecule has 16 heavy (non-hydrogen) atoms. The van der Waals surface area contributed by atoms with E-state index in [1.54, 1.807) is 28.6 Å². The summed E-state index contributed by atoms with van der Waals surface area (Å²) in [5.74, 6) is 0.632. The summed E-state index contributed by atoms with van der Waals surface area (Å²) in [6.07, 6.45) is 3.59. The van der Waals surface area contributed by atoms with Crippen molar-refractivity contribution in [1.82, 2.24) is 14.3 Å². The number of aromatic nitrogens is 3. The standard InChI is InChI=1S/C11H14N4O/c1-8-6-9(12-2)11(16)15(7-8)10-4-5-14(3)13-10/h4-7,12H,1-3H3. The van der Waals surface area contributed by atoms with Crippen molar-refractivity contribution in [3.05, 3.63) is 40.4 Å². The van der Waals surface area contributed by atoms with Crippen molar-refractivity contribution in [3.8, 4) is 5.82 Å². The monoisotopic (exact) mass is 218 g/mol. The molecule has 0 saturated heterocycles. The van der Waals surface area contributed by atoms with Crippen LogP contribution in [-0.2, 0) is 7.05 Å². The number of aryl methyl sites for hydroxylation is 2. The van der Waals surface area contributed by atoms with Gasteiger partial charge in [-0.05, 0) is 18.6 Å². The third kappa shape index (κ3) is 1.71. The molecule has 0 spiro atoms. The first-order valence-electron chi connectivity index (χ1n) is 5.03. The van der Waals surface area contributed by atoms with Crippen LogP contribution in [0.25, 0.3) is 5.82 Å². The van der Waals surface area contributed by atoms with Gasteiger partial charge in [-0.2, -0.15) is 5.10 Å². The van der Waals surface area contributed by atoms with Crippen LogP contribution in [0.15, 0.2) is 29.3 Å². The molecule has 2 aromatic rings. The largest absolute Gasteiger partial charge is 0.384 e. The Hall–Kier alpha value is -2.04. The fraction of sp³-hybridized carbons (Fsp3) is 0.273. The summed E-state index contributed by atoms with van der Waals surface area (Å²) in [7, 11) is 3.56. The van der Waals surface area contributed by atoms with Crippen LogP contribution in [0.4, 0.5) is 5.69 Å². The second-order valence-electron chi connectivity index (χ2n) is 3.70. The van der Waals surface area contributed by atoms with Gasteiger partial charge in [0.15, 0.2) is 5.82 Å². The zero-order valence-corrected chi connectivity index (χ0v) is 9.56. The van der Waals surface area contributed by atoms with Crippen molar-refractivity contribution < 1.29 is 0 Å². The van der Waals surface area contributed by atoms with E-state index in [9.17, 15) is 4.79 Å². The summed E-state index contributed by atoms with van der Waals surface area (Å²) in [4.78, 5) is 12.0. The van der Waals surface area contributed by atoms with Gasteiger partial charge >= 0.3 is 0 Å². The number of pyridine rings is 1. The average molecular weight is 218 g/mol. The van der Waals surface area contributed by atoms with Gasteiger partial charge in [-0.15, -0.1) is 0 Å². The first kappa shape index (κ1) is 10.5. The summed E-state index contributed by atoms with van der Waals surface area (Å²) in [6, 6.07) is 3.63. The van der Waals surface area contributed by atoms with Gasteiger partial charge in [0.1, 0.15) is 5.69 Å². The minimum absolute atomic E-state index is 0.0909. The van der Waals surface area contributed by atoms with E-state index in [-0.39, 0.29) is 5.56 Å². The number of hydrogen-bond acceptors (Lipinski definition) is 3. The maximum atomic E-state index is 12.0. The number of nitrogens with zero attached hydrogens (tertiary/aromatic N) is 3. The molecule has 5 nitrogen and oxygen atoms in total. The molecule has 0 atom stereocenters. The Morgan fingerprint density at radius 3 is 2.75 bits per heavy atom. The van der Waals surface area contributed by atoms with Crippen molar-refractivity contribution in [1.29, 1.82) is 0 Å². The topological polar surface area (TPSA) is 51.9 Å². The summed E-state index contributed by atoms with van der Waals surface area (Å²) < 4.78 is 3.21. The van der Waals surface area contributed by atoms with Crippen molar-refractivity contribution in [2.75, 3.05) is 12.4 Å². The molecule has 2 rings (SSSR count). The Balaban J connectivity index is 2.65. The van der Waals surface area contributed by atoms with E-state index < -0.39 is 0 Å². The van der Waals surface area contributed by atoms with E-state index in [1.807, 2.05) is 26.2 Å². The maximum Gasteiger partial charge on any atom is 0.279 e. The lowest BCUT2D eigenvalue weighted by Gasteiger charge is -2.06. The van der Waals surface area contributed by atoms with Crippen LogP contribution < -0.4 is 10.9 Å². The molecule has 84 valence electrons. The van der Waals surface area contributed by atoms with E-state index in [1.165, 1.54) is 0 Å². The molecular formula is C11H14N4O. The molecule has 0 aromatic carbocycles. The number of nitrogens with one attached hydrogen (secondary N) is 1. The van der Waals surface area contributed by atoms with E-state index in [4.69, 9.17) is 0 Å². The fourth-order valence-electron chi connectivity index (χ4n) is 1.60. The number of rotatable bonds is 2. The SMILES string of the molecule is CNc1cc(C)cn(-c2ccn(C)n2)c1=O. The molecule has 0 saturated carbocycles. The molecule has 0 unspecified atom stereocenters. The summed E-state index contributed by atoms with van der Waals surface area (Å²) in [5, 5.41) is 7.10. The zero-order valence-electron chi connectivity index (χ0n) is 9.56. The summed E-state index contributed by atoms with van der Waals surface area (Å²) in [6.45, 7) is 1.94. The molecule has 1 N–H and O–H groups in total. The average Bonchev–Trinajstić information content (AvgIpc) is 2.67. The first-order chi connectivity index (χ1) is 7.61. The van der Waals surface area contributed by atoms with Crippen molar-refractivity contribution >= 4 is 5.69 Å². The highest BCUT2D eigenvalue weighted by molar-refractivity contribution is 5.44. The predicted molar refractivity (Wildman–Crippen MR) is 63.1 cm³/mol. The van der Waals surface area contributed by atoms with Crippen LogP contribution in [0.5, 0.6) is 0 Å². The Morgan fingerprint density at radius 2 is 2.19 bits per heavy atom. The van der Waals surface area contributed by atoms with Crippen molar-refractivity contribution in [2.45, 2.75) is 6.92 Å². The van der Waals surface area contributed by atoms with Crippen LogP contribution in [0.3, 0.4) is 0 Å². The molecule has 2 aromatic heterocycles. The molecule has 0 aliphatic heterocycles. The van der Waals surface area contributed by atoms with Crippen LogP contribution >= 0.6 is 0 Å². The minimum atomic E-state index is -0.0909. The second-order valence-corrected chi connectivity index (χ2v) is 3.70. The molecule has 5 heteroatoms. The van der Waals surface area contributed by atoms with Gasteiger partial charge in [-0.1, -0.05) is 0 Å². The summed E-state index contributed by atoms with van der Waals surface area (Å²) in [5.41, 5.74) is 1.49. The molecule has 0 amide bonds. The normalized spacial score (nSPS) is 10.4. The smallest absolute Gasteiger partial charge is 0.279 e. The highest BCUT2D eigenvalue weighted by Gasteiger charge is 2.07. The van der Waals surface area contributed by atoms with Crippen molar-refractivity contribution in [3.63, 3.8) is 0 Å². The lowest BCUT2D eigenvalue weighted by atomic mass is 10.3. The molecule has 0 aliphatic carbocycles. The van der Waals surface area contributed by atoms with E-state index in [2.05, 4.69) is 10.4 Å². The van der Waals surface area contributed by atoms with Gasteiger partial charge in [-0.3, -0.25) is 14.0 Å². The van der Waals surface area contributed by atoms with Gasteiger partial charge in [0.2, 0.25) is 0 Å². The second kappa shape index (κ2) is 3.84. The van der Waals surface area contributed by atoms with Gasteiger partial charge in [0, 0.05) is 32.6 Å². The molecule has 0 fully saturated rings. The van der Waals surface area contributed by atoms with Crippen LogP contribution in [0.1, 0.15) is 5.56 Å². The minimum Gasteiger partial charge on any atom is -0.384 e. The highest BCUT2D eigenvalue weighted by Crippen LogP contribution is 2.07. The Bertz CT molecular complexity index is 568. The Labute approximate surface area is 93.3 Å². The third-order valence-electron chi connectivity index (χ3n) is 2.37. The van der Waals surface area contributed by atoms with Gasteiger partial charge in [-0.25, -0.2) is 0 Å². The summed E-state index contributed by atoms with van der Waals surface area (Å²) >= 11 is 0.